The molecule has 0 radical (unpaired) electrons. The van der Waals surface area contributed by atoms with Crippen LogP contribution < -0.4 is 5.73 Å². The molecule has 1 fully saturated rings. The Morgan fingerprint density at radius 1 is 1.40 bits per heavy atom. The summed E-state index contributed by atoms with van der Waals surface area (Å²) >= 11 is 0. The molecule has 1 atom stereocenters. The number of hydrogen-bond acceptors (Lipinski definition) is 4. The number of aromatic nitrogens is 2. The van der Waals surface area contributed by atoms with E-state index in [1.165, 1.54) is 4.31 Å². The minimum atomic E-state index is -3.48. The quantitative estimate of drug-likeness (QED) is 0.895. The normalized spacial score (nSPS) is 21.0. The molecule has 1 aromatic heterocycles. The van der Waals surface area contributed by atoms with Crippen LogP contribution in [0.25, 0.3) is 0 Å². The van der Waals surface area contributed by atoms with Crippen molar-refractivity contribution in [1.29, 1.82) is 0 Å². The highest BCUT2D eigenvalue weighted by atomic mass is 32.2. The van der Waals surface area contributed by atoms with E-state index in [0.29, 0.717) is 29.6 Å². The van der Waals surface area contributed by atoms with Gasteiger partial charge in [-0.25, -0.2) is 8.42 Å². The molecule has 0 bridgehead atoms. The average molecular weight is 300 g/mol. The van der Waals surface area contributed by atoms with Crippen LogP contribution in [0.3, 0.4) is 0 Å². The van der Waals surface area contributed by atoms with Crippen molar-refractivity contribution in [3.63, 3.8) is 0 Å². The van der Waals surface area contributed by atoms with Crippen molar-refractivity contribution >= 4 is 10.0 Å². The lowest BCUT2D eigenvalue weighted by Gasteiger charge is -2.16. The number of sulfonamides is 1. The van der Waals surface area contributed by atoms with E-state index in [4.69, 9.17) is 5.73 Å². The van der Waals surface area contributed by atoms with E-state index in [2.05, 4.69) is 18.9 Å². The molecule has 0 amide bonds. The van der Waals surface area contributed by atoms with Crippen molar-refractivity contribution in [2.75, 3.05) is 13.1 Å². The van der Waals surface area contributed by atoms with E-state index in [1.807, 2.05) is 6.92 Å². The first-order valence-electron chi connectivity index (χ1n) is 7.03. The van der Waals surface area contributed by atoms with Crippen LogP contribution in [-0.4, -0.2) is 41.6 Å². The van der Waals surface area contributed by atoms with Gasteiger partial charge in [-0.1, -0.05) is 13.8 Å². The summed E-state index contributed by atoms with van der Waals surface area (Å²) in [5.41, 5.74) is 7.11. The molecular weight excluding hydrogens is 276 g/mol. The Morgan fingerprint density at radius 3 is 2.55 bits per heavy atom. The molecule has 1 aromatic rings. The number of nitrogens with two attached hydrogens (primary N) is 1. The average Bonchev–Trinajstić information content (AvgIpc) is 2.84. The Labute approximate surface area is 121 Å². The van der Waals surface area contributed by atoms with Crippen molar-refractivity contribution in [1.82, 2.24) is 14.1 Å². The van der Waals surface area contributed by atoms with Gasteiger partial charge in [-0.05, 0) is 26.2 Å². The third-order valence-corrected chi connectivity index (χ3v) is 5.76. The summed E-state index contributed by atoms with van der Waals surface area (Å²) in [6, 6.07) is -0.0592. The molecule has 0 spiro atoms. The van der Waals surface area contributed by atoms with E-state index in [9.17, 15) is 8.42 Å². The maximum Gasteiger partial charge on any atom is 0.246 e. The van der Waals surface area contributed by atoms with Crippen LogP contribution >= 0.6 is 0 Å². The summed E-state index contributed by atoms with van der Waals surface area (Å²) in [5, 5.41) is 4.39. The van der Waals surface area contributed by atoms with Gasteiger partial charge < -0.3 is 5.73 Å². The second-order valence-electron chi connectivity index (χ2n) is 5.99. The number of rotatable bonds is 4. The van der Waals surface area contributed by atoms with Crippen molar-refractivity contribution in [3.8, 4) is 0 Å². The highest BCUT2D eigenvalue weighted by molar-refractivity contribution is 7.89. The number of hydrogen-bond donors (Lipinski definition) is 1. The fourth-order valence-corrected chi connectivity index (χ4v) is 4.56. The Morgan fingerprint density at radius 2 is 2.05 bits per heavy atom. The van der Waals surface area contributed by atoms with Crippen LogP contribution in [0, 0.1) is 19.8 Å². The van der Waals surface area contributed by atoms with Gasteiger partial charge in [-0.2, -0.15) is 9.40 Å². The van der Waals surface area contributed by atoms with Gasteiger partial charge in [0.1, 0.15) is 4.90 Å². The molecule has 20 heavy (non-hydrogen) atoms. The van der Waals surface area contributed by atoms with Crippen molar-refractivity contribution in [3.05, 3.63) is 11.4 Å². The lowest BCUT2D eigenvalue weighted by Crippen LogP contribution is -2.32. The zero-order valence-electron chi connectivity index (χ0n) is 12.6. The second kappa shape index (κ2) is 5.46. The maximum atomic E-state index is 12.7. The SMILES string of the molecule is Cc1nn(CC(C)C)c(C)c1S(=O)(=O)N1CC[C@@H](N)C1. The Balaban J connectivity index is 2.39. The molecular formula is C13H24N4O2S. The Bertz CT molecular complexity index is 592. The number of aryl methyl sites for hydroxylation is 1. The van der Waals surface area contributed by atoms with E-state index < -0.39 is 10.0 Å². The van der Waals surface area contributed by atoms with Crippen molar-refractivity contribution in [2.45, 2.75) is 51.6 Å². The molecule has 0 unspecified atom stereocenters. The summed E-state index contributed by atoms with van der Waals surface area (Å²) in [5.74, 6) is 0.420. The molecule has 1 aliphatic rings. The first-order valence-corrected chi connectivity index (χ1v) is 8.47. The predicted octanol–water partition coefficient (Wildman–Crippen LogP) is 0.878. The molecule has 0 aliphatic carbocycles. The molecule has 2 N–H and O–H groups in total. The lowest BCUT2D eigenvalue weighted by molar-refractivity contribution is 0.465. The van der Waals surface area contributed by atoms with Crippen LogP contribution in [0.15, 0.2) is 4.90 Å². The topological polar surface area (TPSA) is 81.2 Å². The van der Waals surface area contributed by atoms with E-state index in [-0.39, 0.29) is 6.04 Å². The van der Waals surface area contributed by atoms with E-state index in [0.717, 1.165) is 18.7 Å². The predicted molar refractivity (Wildman–Crippen MR) is 77.9 cm³/mol. The molecule has 1 aliphatic heterocycles. The van der Waals surface area contributed by atoms with Crippen molar-refractivity contribution < 1.29 is 8.42 Å². The van der Waals surface area contributed by atoms with Gasteiger partial charge in [-0.3, -0.25) is 4.68 Å². The van der Waals surface area contributed by atoms with Crippen LogP contribution in [-0.2, 0) is 16.6 Å². The molecule has 6 nitrogen and oxygen atoms in total. The molecule has 2 heterocycles. The highest BCUT2D eigenvalue weighted by Crippen LogP contribution is 2.26. The fraction of sp³-hybridized carbons (Fsp3) is 0.769. The molecule has 7 heteroatoms. The third-order valence-electron chi connectivity index (χ3n) is 3.64. The molecule has 0 saturated carbocycles. The zero-order valence-corrected chi connectivity index (χ0v) is 13.4. The first-order chi connectivity index (χ1) is 9.23. The molecule has 2 rings (SSSR count). The summed E-state index contributed by atoms with van der Waals surface area (Å²) in [6.45, 7) is 9.38. The van der Waals surface area contributed by atoms with E-state index in [1.54, 1.807) is 11.6 Å². The van der Waals surface area contributed by atoms with Gasteiger partial charge in [-0.15, -0.1) is 0 Å². The van der Waals surface area contributed by atoms with E-state index >= 15 is 0 Å². The smallest absolute Gasteiger partial charge is 0.246 e. The highest BCUT2D eigenvalue weighted by Gasteiger charge is 2.34. The summed E-state index contributed by atoms with van der Waals surface area (Å²) in [7, 11) is -3.48. The second-order valence-corrected chi connectivity index (χ2v) is 7.86. The monoisotopic (exact) mass is 300 g/mol. The Kier molecular flexibility index (Phi) is 4.22. The maximum absolute atomic E-state index is 12.7. The van der Waals surface area contributed by atoms with Gasteiger partial charge >= 0.3 is 0 Å². The minimum absolute atomic E-state index is 0.0592. The zero-order chi connectivity index (χ0) is 15.1. The van der Waals surface area contributed by atoms with Crippen LogP contribution in [0.1, 0.15) is 31.7 Å². The lowest BCUT2D eigenvalue weighted by atomic mass is 10.2. The van der Waals surface area contributed by atoms with Gasteiger partial charge in [0, 0.05) is 25.7 Å². The van der Waals surface area contributed by atoms with Crippen molar-refractivity contribution in [2.24, 2.45) is 11.7 Å². The summed E-state index contributed by atoms with van der Waals surface area (Å²) in [4.78, 5) is 0.354. The summed E-state index contributed by atoms with van der Waals surface area (Å²) < 4.78 is 28.8. The first kappa shape index (κ1) is 15.5. The van der Waals surface area contributed by atoms with Gasteiger partial charge in [0.2, 0.25) is 10.0 Å². The van der Waals surface area contributed by atoms with Crippen LogP contribution in [0.4, 0.5) is 0 Å². The number of nitrogens with zero attached hydrogens (tertiary/aromatic N) is 3. The minimum Gasteiger partial charge on any atom is -0.326 e. The third kappa shape index (κ3) is 2.75. The standard InChI is InChI=1S/C13H24N4O2S/c1-9(2)7-17-11(4)13(10(3)15-17)20(18,19)16-6-5-12(14)8-16/h9,12H,5-8,14H2,1-4H3/t12-/m1/s1. The largest absolute Gasteiger partial charge is 0.326 e. The van der Waals surface area contributed by atoms with Crippen LogP contribution in [0.5, 0.6) is 0 Å². The Hall–Kier alpha value is -0.920. The summed E-state index contributed by atoms with van der Waals surface area (Å²) in [6.07, 6.45) is 0.720. The fourth-order valence-electron chi connectivity index (χ4n) is 2.68. The molecule has 0 aromatic carbocycles. The van der Waals surface area contributed by atoms with Gasteiger partial charge in [0.25, 0.3) is 0 Å². The molecule has 1 saturated heterocycles. The molecule has 114 valence electrons. The van der Waals surface area contributed by atoms with Gasteiger partial charge in [0.05, 0.1) is 11.4 Å². The van der Waals surface area contributed by atoms with Crippen LogP contribution in [0.2, 0.25) is 0 Å². The van der Waals surface area contributed by atoms with Gasteiger partial charge in [0.15, 0.2) is 0 Å².